The largest absolute Gasteiger partial charge is 0.434 e. The van der Waals surface area contributed by atoms with E-state index in [0.717, 1.165) is 0 Å². The molecule has 5 nitrogen and oxygen atoms in total. The van der Waals surface area contributed by atoms with E-state index in [1.165, 1.54) is 13.2 Å². The average Bonchev–Trinajstić information content (AvgIpc) is 2.44. The van der Waals surface area contributed by atoms with Gasteiger partial charge in [0.2, 0.25) is 0 Å². The number of aromatic nitrogens is 2. The molecule has 0 spiro atoms. The predicted molar refractivity (Wildman–Crippen MR) is 76.9 cm³/mol. The lowest BCUT2D eigenvalue weighted by molar-refractivity contribution is -0.0494. The van der Waals surface area contributed by atoms with Crippen LogP contribution in [0, 0.1) is 0 Å². The summed E-state index contributed by atoms with van der Waals surface area (Å²) < 4.78 is 34.9. The predicted octanol–water partition coefficient (Wildman–Crippen LogP) is 3.24. The molecule has 1 heterocycles. The second-order valence-electron chi connectivity index (χ2n) is 4.00. The van der Waals surface area contributed by atoms with Crippen LogP contribution in [0.15, 0.2) is 28.7 Å². The molecule has 2 rings (SSSR count). The van der Waals surface area contributed by atoms with Crippen molar-refractivity contribution in [3.63, 3.8) is 0 Å². The Morgan fingerprint density at radius 1 is 1.29 bits per heavy atom. The molecule has 0 unspecified atom stereocenters. The highest BCUT2D eigenvalue weighted by molar-refractivity contribution is 9.10. The third-order valence-electron chi connectivity index (χ3n) is 2.57. The molecule has 0 aliphatic rings. The van der Waals surface area contributed by atoms with Gasteiger partial charge in [0.1, 0.15) is 11.6 Å². The highest BCUT2D eigenvalue weighted by Gasteiger charge is 2.16. The Bertz CT molecular complexity index is 641. The van der Waals surface area contributed by atoms with Crippen molar-refractivity contribution in [2.75, 3.05) is 12.8 Å². The van der Waals surface area contributed by atoms with Crippen LogP contribution in [-0.4, -0.2) is 23.7 Å². The molecule has 0 atom stereocenters. The topological polar surface area (TPSA) is 70.3 Å². The van der Waals surface area contributed by atoms with Crippen LogP contribution >= 0.6 is 15.9 Å². The molecule has 112 valence electrons. The molecule has 2 aromatic rings. The van der Waals surface area contributed by atoms with Crippen LogP contribution in [0.25, 0.3) is 11.4 Å². The molecule has 1 aromatic carbocycles. The number of nitrogens with two attached hydrogens (primary N) is 1. The molecule has 8 heteroatoms. The van der Waals surface area contributed by atoms with Crippen molar-refractivity contribution < 1.29 is 18.3 Å². The van der Waals surface area contributed by atoms with E-state index < -0.39 is 6.61 Å². The van der Waals surface area contributed by atoms with Crippen molar-refractivity contribution in [1.82, 2.24) is 9.97 Å². The first-order valence-electron chi connectivity index (χ1n) is 5.88. The number of nitrogens with zero attached hydrogens (tertiary/aromatic N) is 2. The molecular formula is C13H12BrF2N3O2. The molecule has 0 fully saturated rings. The summed E-state index contributed by atoms with van der Waals surface area (Å²) in [7, 11) is 1.51. The maximum absolute atomic E-state index is 12.4. The summed E-state index contributed by atoms with van der Waals surface area (Å²) in [4.78, 5) is 8.37. The van der Waals surface area contributed by atoms with Gasteiger partial charge in [0.05, 0.1) is 22.3 Å². The van der Waals surface area contributed by atoms with E-state index in [9.17, 15) is 8.78 Å². The van der Waals surface area contributed by atoms with Gasteiger partial charge in [-0.3, -0.25) is 0 Å². The molecule has 0 saturated carbocycles. The van der Waals surface area contributed by atoms with Gasteiger partial charge in [-0.05, 0) is 28.1 Å². The van der Waals surface area contributed by atoms with E-state index in [4.69, 9.17) is 10.5 Å². The van der Waals surface area contributed by atoms with E-state index >= 15 is 0 Å². The van der Waals surface area contributed by atoms with Crippen molar-refractivity contribution in [3.05, 3.63) is 34.4 Å². The lowest BCUT2D eigenvalue weighted by Gasteiger charge is -2.12. The fourth-order valence-corrected chi connectivity index (χ4v) is 2.01. The number of para-hydroxylation sites is 1. The number of nitrogen functional groups attached to an aromatic ring is 1. The normalized spacial score (nSPS) is 10.9. The van der Waals surface area contributed by atoms with Gasteiger partial charge in [-0.1, -0.05) is 12.1 Å². The third kappa shape index (κ3) is 3.64. The Kier molecular flexibility index (Phi) is 5.03. The zero-order valence-electron chi connectivity index (χ0n) is 11.0. The Morgan fingerprint density at radius 3 is 2.67 bits per heavy atom. The van der Waals surface area contributed by atoms with Gasteiger partial charge < -0.3 is 15.2 Å². The quantitative estimate of drug-likeness (QED) is 0.887. The van der Waals surface area contributed by atoms with Crippen molar-refractivity contribution >= 4 is 21.7 Å². The van der Waals surface area contributed by atoms with E-state index in [-0.39, 0.29) is 24.0 Å². The summed E-state index contributed by atoms with van der Waals surface area (Å²) in [6.07, 6.45) is 0. The minimum Gasteiger partial charge on any atom is -0.434 e. The number of hydrogen-bond acceptors (Lipinski definition) is 5. The fraction of sp³-hybridized carbons (Fsp3) is 0.231. The second-order valence-corrected chi connectivity index (χ2v) is 4.79. The number of alkyl halides is 2. The number of ether oxygens (including phenoxy) is 2. The standard InChI is InChI=1S/C13H12BrF2N3O2/c1-20-6-8-10(14)11(17)19-12(18-8)7-4-2-3-5-9(7)21-13(15)16/h2-5,13H,6H2,1H3,(H2,17,18,19). The minimum absolute atomic E-state index is 0.0161. The fourth-order valence-electron chi connectivity index (χ4n) is 1.72. The molecule has 0 saturated heterocycles. The van der Waals surface area contributed by atoms with E-state index in [1.807, 2.05) is 0 Å². The molecule has 0 amide bonds. The number of benzene rings is 1. The van der Waals surface area contributed by atoms with Crippen molar-refractivity contribution in [1.29, 1.82) is 0 Å². The van der Waals surface area contributed by atoms with Crippen LogP contribution in [0.2, 0.25) is 0 Å². The Balaban J connectivity index is 2.51. The van der Waals surface area contributed by atoms with Gasteiger partial charge in [-0.15, -0.1) is 0 Å². The molecular weight excluding hydrogens is 348 g/mol. The number of hydrogen-bond donors (Lipinski definition) is 1. The van der Waals surface area contributed by atoms with Crippen LogP contribution in [0.3, 0.4) is 0 Å². The molecule has 0 radical (unpaired) electrons. The second kappa shape index (κ2) is 6.77. The summed E-state index contributed by atoms with van der Waals surface area (Å²) in [5.74, 6) is 0.371. The van der Waals surface area contributed by atoms with Gasteiger partial charge in [0.15, 0.2) is 5.82 Å². The van der Waals surface area contributed by atoms with E-state index in [0.29, 0.717) is 15.7 Å². The minimum atomic E-state index is -2.93. The summed E-state index contributed by atoms with van der Waals surface area (Å²) in [5.41, 5.74) is 6.65. The third-order valence-corrected chi connectivity index (χ3v) is 3.43. The van der Waals surface area contributed by atoms with Crippen LogP contribution in [0.4, 0.5) is 14.6 Å². The summed E-state index contributed by atoms with van der Waals surface area (Å²) in [6.45, 7) is -2.73. The summed E-state index contributed by atoms with van der Waals surface area (Å²) in [6, 6.07) is 6.25. The molecule has 0 aliphatic carbocycles. The maximum atomic E-state index is 12.4. The smallest absolute Gasteiger partial charge is 0.387 e. The van der Waals surface area contributed by atoms with E-state index in [1.54, 1.807) is 18.2 Å². The van der Waals surface area contributed by atoms with Crippen LogP contribution < -0.4 is 10.5 Å². The van der Waals surface area contributed by atoms with Crippen LogP contribution in [0.5, 0.6) is 5.75 Å². The Labute approximate surface area is 128 Å². The molecule has 1 aromatic heterocycles. The number of methoxy groups -OCH3 is 1. The van der Waals surface area contributed by atoms with Crippen molar-refractivity contribution in [2.24, 2.45) is 0 Å². The lowest BCUT2D eigenvalue weighted by Crippen LogP contribution is -2.06. The van der Waals surface area contributed by atoms with Gasteiger partial charge in [-0.25, -0.2) is 9.97 Å². The van der Waals surface area contributed by atoms with E-state index in [2.05, 4.69) is 30.6 Å². The van der Waals surface area contributed by atoms with Gasteiger partial charge in [-0.2, -0.15) is 8.78 Å². The van der Waals surface area contributed by atoms with Crippen LogP contribution in [0.1, 0.15) is 5.69 Å². The van der Waals surface area contributed by atoms with Gasteiger partial charge in [0, 0.05) is 7.11 Å². The molecule has 2 N–H and O–H groups in total. The first kappa shape index (κ1) is 15.6. The first-order valence-corrected chi connectivity index (χ1v) is 6.67. The monoisotopic (exact) mass is 359 g/mol. The number of rotatable bonds is 5. The zero-order chi connectivity index (χ0) is 15.4. The number of halogens is 3. The Morgan fingerprint density at radius 2 is 2.00 bits per heavy atom. The van der Waals surface area contributed by atoms with Crippen molar-refractivity contribution in [3.8, 4) is 17.1 Å². The summed E-state index contributed by atoms with van der Waals surface area (Å²) in [5, 5.41) is 0. The molecule has 0 bridgehead atoms. The molecule has 0 aliphatic heterocycles. The SMILES string of the molecule is COCc1nc(-c2ccccc2OC(F)F)nc(N)c1Br. The van der Waals surface area contributed by atoms with Gasteiger partial charge >= 0.3 is 6.61 Å². The van der Waals surface area contributed by atoms with Gasteiger partial charge in [0.25, 0.3) is 0 Å². The van der Waals surface area contributed by atoms with Crippen LogP contribution in [-0.2, 0) is 11.3 Å². The van der Waals surface area contributed by atoms with Crippen molar-refractivity contribution in [2.45, 2.75) is 13.2 Å². The molecule has 21 heavy (non-hydrogen) atoms. The maximum Gasteiger partial charge on any atom is 0.387 e. The highest BCUT2D eigenvalue weighted by Crippen LogP contribution is 2.31. The summed E-state index contributed by atoms with van der Waals surface area (Å²) >= 11 is 3.27. The highest BCUT2D eigenvalue weighted by atomic mass is 79.9. The first-order chi connectivity index (χ1) is 10.0. The zero-order valence-corrected chi connectivity index (χ0v) is 12.6. The lowest BCUT2D eigenvalue weighted by atomic mass is 10.2. The average molecular weight is 360 g/mol. The number of anilines is 1. The Hall–Kier alpha value is -1.80.